The Morgan fingerprint density at radius 3 is 2.75 bits per heavy atom. The lowest BCUT2D eigenvalue weighted by Gasteiger charge is -2.08. The minimum Gasteiger partial charge on any atom is -0.338 e. The predicted molar refractivity (Wildman–Crippen MR) is 96.6 cm³/mol. The van der Waals surface area contributed by atoms with E-state index in [4.69, 9.17) is 0 Å². The molecule has 4 nitrogen and oxygen atoms in total. The Hall–Kier alpha value is -3.14. The summed E-state index contributed by atoms with van der Waals surface area (Å²) in [6.07, 6.45) is 7.79. The van der Waals surface area contributed by atoms with E-state index in [2.05, 4.69) is 15.3 Å². The number of fused-ring (bicyclic) bond motifs is 1. The monoisotopic (exact) mass is 315 g/mol. The molecule has 1 aromatic heterocycles. The summed E-state index contributed by atoms with van der Waals surface area (Å²) in [6, 6.07) is 15.7. The molecule has 4 heteroatoms. The summed E-state index contributed by atoms with van der Waals surface area (Å²) in [5.74, 6) is 0.750. The van der Waals surface area contributed by atoms with Gasteiger partial charge in [-0.3, -0.25) is 4.79 Å². The van der Waals surface area contributed by atoms with E-state index in [0.717, 1.165) is 46.5 Å². The zero-order chi connectivity index (χ0) is 16.4. The van der Waals surface area contributed by atoms with Crippen molar-refractivity contribution in [1.29, 1.82) is 0 Å². The first-order valence-corrected chi connectivity index (χ1v) is 8.03. The smallest absolute Gasteiger partial charge is 0.255 e. The van der Waals surface area contributed by atoms with Gasteiger partial charge in [0.05, 0.1) is 11.0 Å². The number of allylic oxidation sites excluding steroid dienone is 2. The van der Waals surface area contributed by atoms with Gasteiger partial charge in [-0.2, -0.15) is 0 Å². The van der Waals surface area contributed by atoms with E-state index in [-0.39, 0.29) is 5.91 Å². The standard InChI is InChI=1S/C20H17N3O/c24-20(15-9-5-2-6-10-15)21-16-11-12-17-18(13-16)23-19(22-17)14-7-3-1-4-8-14/h1,3-5,7-13H,2,6H2,(H,21,24)(H,22,23). The number of hydrogen-bond acceptors (Lipinski definition) is 2. The summed E-state index contributed by atoms with van der Waals surface area (Å²) in [5.41, 5.74) is 4.30. The van der Waals surface area contributed by atoms with Gasteiger partial charge in [0.2, 0.25) is 0 Å². The number of H-pyrrole nitrogens is 1. The van der Waals surface area contributed by atoms with Crippen LogP contribution in [0.15, 0.2) is 72.3 Å². The summed E-state index contributed by atoms with van der Waals surface area (Å²) in [4.78, 5) is 20.2. The molecule has 0 saturated heterocycles. The molecule has 1 amide bonds. The Balaban J connectivity index is 1.60. The second kappa shape index (κ2) is 6.16. The van der Waals surface area contributed by atoms with Gasteiger partial charge >= 0.3 is 0 Å². The van der Waals surface area contributed by atoms with E-state index < -0.39 is 0 Å². The molecule has 2 N–H and O–H groups in total. The van der Waals surface area contributed by atoms with Gasteiger partial charge in [-0.1, -0.05) is 48.6 Å². The van der Waals surface area contributed by atoms with Gasteiger partial charge in [-0.25, -0.2) is 4.98 Å². The Morgan fingerprint density at radius 2 is 1.96 bits per heavy atom. The number of nitrogens with zero attached hydrogens (tertiary/aromatic N) is 1. The van der Waals surface area contributed by atoms with Crippen LogP contribution in [0.1, 0.15) is 12.8 Å². The van der Waals surface area contributed by atoms with Crippen molar-refractivity contribution >= 4 is 22.6 Å². The molecule has 3 aromatic rings. The lowest BCUT2D eigenvalue weighted by Crippen LogP contribution is -2.14. The Morgan fingerprint density at radius 1 is 1.08 bits per heavy atom. The zero-order valence-corrected chi connectivity index (χ0v) is 13.1. The lowest BCUT2D eigenvalue weighted by atomic mass is 10.1. The quantitative estimate of drug-likeness (QED) is 0.750. The van der Waals surface area contributed by atoms with E-state index in [1.807, 2.05) is 66.8 Å². The molecule has 2 aromatic carbocycles. The number of imidazole rings is 1. The van der Waals surface area contributed by atoms with Crippen LogP contribution in [-0.4, -0.2) is 15.9 Å². The SMILES string of the molecule is O=C(Nc1ccc2nc(-c3ccccc3)[nH]c2c1)C1=CCCC=C1. The summed E-state index contributed by atoms with van der Waals surface area (Å²) in [5, 5.41) is 2.95. The van der Waals surface area contributed by atoms with E-state index in [0.29, 0.717) is 0 Å². The van der Waals surface area contributed by atoms with Crippen molar-refractivity contribution in [3.8, 4) is 11.4 Å². The number of benzene rings is 2. The number of aromatic amines is 1. The van der Waals surface area contributed by atoms with Crippen molar-refractivity contribution in [3.05, 3.63) is 72.3 Å². The topological polar surface area (TPSA) is 57.8 Å². The maximum Gasteiger partial charge on any atom is 0.255 e. The molecule has 0 unspecified atom stereocenters. The summed E-state index contributed by atoms with van der Waals surface area (Å²) in [7, 11) is 0. The number of hydrogen-bond donors (Lipinski definition) is 2. The van der Waals surface area contributed by atoms with Crippen LogP contribution in [0.4, 0.5) is 5.69 Å². The van der Waals surface area contributed by atoms with Crippen LogP contribution in [0, 0.1) is 0 Å². The maximum atomic E-state index is 12.3. The number of nitrogens with one attached hydrogen (secondary N) is 2. The average molecular weight is 315 g/mol. The highest BCUT2D eigenvalue weighted by atomic mass is 16.1. The minimum absolute atomic E-state index is 0.0758. The summed E-state index contributed by atoms with van der Waals surface area (Å²) >= 11 is 0. The molecule has 0 atom stereocenters. The first-order chi connectivity index (χ1) is 11.8. The molecule has 0 bridgehead atoms. The van der Waals surface area contributed by atoms with Crippen molar-refractivity contribution in [2.24, 2.45) is 0 Å². The number of aromatic nitrogens is 2. The normalized spacial score (nSPS) is 13.8. The molecule has 1 aliphatic carbocycles. The van der Waals surface area contributed by atoms with E-state index in [9.17, 15) is 4.79 Å². The fourth-order valence-electron chi connectivity index (χ4n) is 2.81. The highest BCUT2D eigenvalue weighted by molar-refractivity contribution is 6.06. The third kappa shape index (κ3) is 2.86. The van der Waals surface area contributed by atoms with Gasteiger partial charge in [0.15, 0.2) is 0 Å². The number of rotatable bonds is 3. The number of carbonyl (C=O) groups excluding carboxylic acids is 1. The molecule has 0 radical (unpaired) electrons. The molecule has 1 aliphatic rings. The zero-order valence-electron chi connectivity index (χ0n) is 13.1. The average Bonchev–Trinajstić information content (AvgIpc) is 3.06. The van der Waals surface area contributed by atoms with Crippen LogP contribution in [-0.2, 0) is 4.79 Å². The fraction of sp³-hybridized carbons (Fsp3) is 0.100. The second-order valence-corrected chi connectivity index (χ2v) is 5.78. The van der Waals surface area contributed by atoms with Crippen molar-refractivity contribution in [2.75, 3.05) is 5.32 Å². The van der Waals surface area contributed by atoms with Crippen molar-refractivity contribution < 1.29 is 4.79 Å². The van der Waals surface area contributed by atoms with Gasteiger partial charge in [-0.15, -0.1) is 0 Å². The molecule has 0 spiro atoms. The van der Waals surface area contributed by atoms with Gasteiger partial charge in [0.25, 0.3) is 5.91 Å². The number of anilines is 1. The van der Waals surface area contributed by atoms with Crippen LogP contribution < -0.4 is 5.32 Å². The highest BCUT2D eigenvalue weighted by Crippen LogP contribution is 2.23. The first kappa shape index (κ1) is 14.5. The third-order valence-corrected chi connectivity index (χ3v) is 4.04. The number of amides is 1. The van der Waals surface area contributed by atoms with Crippen LogP contribution in [0.2, 0.25) is 0 Å². The molecular weight excluding hydrogens is 298 g/mol. The third-order valence-electron chi connectivity index (χ3n) is 4.04. The van der Waals surface area contributed by atoms with Gasteiger partial charge < -0.3 is 10.3 Å². The van der Waals surface area contributed by atoms with Gasteiger partial charge in [-0.05, 0) is 31.0 Å². The van der Waals surface area contributed by atoms with E-state index >= 15 is 0 Å². The minimum atomic E-state index is -0.0758. The summed E-state index contributed by atoms with van der Waals surface area (Å²) in [6.45, 7) is 0. The molecule has 1 heterocycles. The Labute approximate surface area is 139 Å². The Bertz CT molecular complexity index is 951. The van der Waals surface area contributed by atoms with Crippen molar-refractivity contribution in [3.63, 3.8) is 0 Å². The molecule has 118 valence electrons. The highest BCUT2D eigenvalue weighted by Gasteiger charge is 2.10. The fourth-order valence-corrected chi connectivity index (χ4v) is 2.81. The van der Waals surface area contributed by atoms with Gasteiger partial charge in [0, 0.05) is 16.8 Å². The molecule has 0 aliphatic heterocycles. The van der Waals surface area contributed by atoms with Crippen LogP contribution in [0.25, 0.3) is 22.4 Å². The van der Waals surface area contributed by atoms with Crippen molar-refractivity contribution in [2.45, 2.75) is 12.8 Å². The van der Waals surface area contributed by atoms with Crippen molar-refractivity contribution in [1.82, 2.24) is 9.97 Å². The summed E-state index contributed by atoms with van der Waals surface area (Å²) < 4.78 is 0. The lowest BCUT2D eigenvalue weighted by molar-refractivity contribution is -0.112. The molecule has 4 rings (SSSR count). The molecule has 0 fully saturated rings. The Kier molecular flexibility index (Phi) is 3.71. The van der Waals surface area contributed by atoms with Crippen LogP contribution in [0.3, 0.4) is 0 Å². The molecule has 0 saturated carbocycles. The molecular formula is C20H17N3O. The van der Waals surface area contributed by atoms with Gasteiger partial charge in [0.1, 0.15) is 5.82 Å². The molecule has 24 heavy (non-hydrogen) atoms. The predicted octanol–water partition coefficient (Wildman–Crippen LogP) is 4.44. The van der Waals surface area contributed by atoms with Crippen LogP contribution in [0.5, 0.6) is 0 Å². The van der Waals surface area contributed by atoms with Crippen LogP contribution >= 0.6 is 0 Å². The largest absolute Gasteiger partial charge is 0.338 e. The second-order valence-electron chi connectivity index (χ2n) is 5.78. The first-order valence-electron chi connectivity index (χ1n) is 8.03. The van der Waals surface area contributed by atoms with E-state index in [1.165, 1.54) is 0 Å². The number of carbonyl (C=O) groups is 1. The van der Waals surface area contributed by atoms with E-state index in [1.54, 1.807) is 0 Å². The maximum absolute atomic E-state index is 12.3.